The van der Waals surface area contributed by atoms with Crippen molar-refractivity contribution < 1.29 is 18.7 Å². The third kappa shape index (κ3) is 3.87. The number of rotatable bonds is 3. The van der Waals surface area contributed by atoms with Crippen molar-refractivity contribution in [1.82, 2.24) is 10.2 Å². The van der Waals surface area contributed by atoms with Gasteiger partial charge >= 0.3 is 6.03 Å². The minimum absolute atomic E-state index is 0.0319. The van der Waals surface area contributed by atoms with Gasteiger partial charge in [0.1, 0.15) is 17.6 Å². The topological polar surface area (TPSA) is 63.9 Å². The number of amides is 2. The molecule has 0 radical (unpaired) electrons. The summed E-state index contributed by atoms with van der Waals surface area (Å²) in [6.07, 6.45) is 4.24. The molecule has 2 amide bonds. The highest BCUT2D eigenvalue weighted by molar-refractivity contribution is 5.74. The Kier molecular flexibility index (Phi) is 5.23. The van der Waals surface area contributed by atoms with Crippen LogP contribution in [0.4, 0.5) is 4.79 Å². The van der Waals surface area contributed by atoms with Gasteiger partial charge in [-0.1, -0.05) is 12.8 Å². The van der Waals surface area contributed by atoms with Crippen LogP contribution in [0.25, 0.3) is 0 Å². The molecule has 2 fully saturated rings. The van der Waals surface area contributed by atoms with Crippen LogP contribution in [0.5, 0.6) is 0 Å². The van der Waals surface area contributed by atoms with Crippen molar-refractivity contribution in [3.8, 4) is 0 Å². The standard InChI is InChI=1S/C17H26N2O4/c1-12-7-8-15(23-12)16-11-19(9-10-22-16)17(20)18-13-5-3-4-6-14(13)21-2/h7-8,13-14,16H,3-6,9-11H2,1-2H3,(H,18,20). The maximum Gasteiger partial charge on any atom is 0.317 e. The number of morpholine rings is 1. The highest BCUT2D eigenvalue weighted by atomic mass is 16.5. The van der Waals surface area contributed by atoms with Gasteiger partial charge in [-0.3, -0.25) is 0 Å². The quantitative estimate of drug-likeness (QED) is 0.929. The molecule has 0 aromatic carbocycles. The molecule has 1 saturated heterocycles. The van der Waals surface area contributed by atoms with Gasteiger partial charge in [-0.25, -0.2) is 4.79 Å². The lowest BCUT2D eigenvalue weighted by molar-refractivity contribution is -0.0282. The number of carbonyl (C=O) groups is 1. The molecule has 0 spiro atoms. The van der Waals surface area contributed by atoms with E-state index >= 15 is 0 Å². The van der Waals surface area contributed by atoms with Crippen LogP contribution in [0.15, 0.2) is 16.5 Å². The molecule has 0 bridgehead atoms. The Labute approximate surface area is 137 Å². The first-order valence-corrected chi connectivity index (χ1v) is 8.43. The van der Waals surface area contributed by atoms with Crippen molar-refractivity contribution in [2.24, 2.45) is 0 Å². The molecule has 1 aliphatic carbocycles. The Morgan fingerprint density at radius 3 is 2.91 bits per heavy atom. The molecule has 1 aromatic heterocycles. The smallest absolute Gasteiger partial charge is 0.317 e. The number of carbonyl (C=O) groups excluding carboxylic acids is 1. The number of nitrogens with one attached hydrogen (secondary N) is 1. The number of hydrogen-bond donors (Lipinski definition) is 1. The second-order valence-corrected chi connectivity index (χ2v) is 6.37. The van der Waals surface area contributed by atoms with Gasteiger partial charge in [-0.05, 0) is 31.9 Å². The minimum Gasteiger partial charge on any atom is -0.464 e. The molecule has 3 rings (SSSR count). The molecule has 3 unspecified atom stereocenters. The normalized spacial score (nSPS) is 28.6. The van der Waals surface area contributed by atoms with Crippen molar-refractivity contribution in [3.63, 3.8) is 0 Å². The summed E-state index contributed by atoms with van der Waals surface area (Å²) in [5.41, 5.74) is 0. The Bertz CT molecular complexity index is 530. The predicted octanol–water partition coefficient (Wildman–Crippen LogP) is 2.63. The van der Waals surface area contributed by atoms with Gasteiger partial charge in [0, 0.05) is 13.7 Å². The van der Waals surface area contributed by atoms with E-state index in [1.807, 2.05) is 24.0 Å². The molecule has 1 aliphatic heterocycles. The highest BCUT2D eigenvalue weighted by Crippen LogP contribution is 2.25. The van der Waals surface area contributed by atoms with E-state index in [1.54, 1.807) is 7.11 Å². The lowest BCUT2D eigenvalue weighted by atomic mass is 9.92. The summed E-state index contributed by atoms with van der Waals surface area (Å²) >= 11 is 0. The number of ether oxygens (including phenoxy) is 2. The van der Waals surface area contributed by atoms with Crippen LogP contribution in [0.3, 0.4) is 0 Å². The fourth-order valence-corrected chi connectivity index (χ4v) is 3.43. The van der Waals surface area contributed by atoms with Crippen LogP contribution in [-0.2, 0) is 9.47 Å². The summed E-state index contributed by atoms with van der Waals surface area (Å²) in [6.45, 7) is 3.55. The molecule has 6 nitrogen and oxygen atoms in total. The summed E-state index contributed by atoms with van der Waals surface area (Å²) in [5.74, 6) is 1.64. The van der Waals surface area contributed by atoms with Gasteiger partial charge in [0.2, 0.25) is 0 Å². The summed E-state index contributed by atoms with van der Waals surface area (Å²) in [7, 11) is 1.72. The molecule has 1 aromatic rings. The van der Waals surface area contributed by atoms with Crippen molar-refractivity contribution in [2.45, 2.75) is 50.9 Å². The largest absolute Gasteiger partial charge is 0.464 e. The molecule has 3 atom stereocenters. The first-order chi connectivity index (χ1) is 11.2. The minimum atomic E-state index is -0.187. The van der Waals surface area contributed by atoms with Crippen LogP contribution in [-0.4, -0.2) is 49.9 Å². The van der Waals surface area contributed by atoms with E-state index in [-0.39, 0.29) is 24.3 Å². The first kappa shape index (κ1) is 16.3. The fourth-order valence-electron chi connectivity index (χ4n) is 3.43. The summed E-state index contributed by atoms with van der Waals surface area (Å²) in [5, 5.41) is 3.14. The van der Waals surface area contributed by atoms with Crippen LogP contribution in [0.1, 0.15) is 43.3 Å². The first-order valence-electron chi connectivity index (χ1n) is 8.43. The van der Waals surface area contributed by atoms with Crippen molar-refractivity contribution in [1.29, 1.82) is 0 Å². The zero-order valence-electron chi connectivity index (χ0n) is 13.9. The predicted molar refractivity (Wildman–Crippen MR) is 85.3 cm³/mol. The maximum atomic E-state index is 12.6. The van der Waals surface area contributed by atoms with Crippen LogP contribution in [0, 0.1) is 6.92 Å². The van der Waals surface area contributed by atoms with Crippen LogP contribution >= 0.6 is 0 Å². The van der Waals surface area contributed by atoms with Gasteiger partial charge in [-0.15, -0.1) is 0 Å². The van der Waals surface area contributed by atoms with Gasteiger partial charge in [-0.2, -0.15) is 0 Å². The van der Waals surface area contributed by atoms with Gasteiger partial charge in [0.15, 0.2) is 0 Å². The Morgan fingerprint density at radius 2 is 2.17 bits per heavy atom. The van der Waals surface area contributed by atoms with E-state index in [2.05, 4.69) is 5.32 Å². The van der Waals surface area contributed by atoms with Gasteiger partial charge in [0.05, 0.1) is 25.3 Å². The zero-order chi connectivity index (χ0) is 16.2. The van der Waals surface area contributed by atoms with E-state index < -0.39 is 0 Å². The number of furan rings is 1. The average Bonchev–Trinajstić information content (AvgIpc) is 3.02. The molecule has 2 heterocycles. The Morgan fingerprint density at radius 1 is 1.35 bits per heavy atom. The summed E-state index contributed by atoms with van der Waals surface area (Å²) in [4.78, 5) is 14.4. The Hall–Kier alpha value is -1.53. The summed E-state index contributed by atoms with van der Waals surface area (Å²) < 4.78 is 16.9. The number of urea groups is 1. The molecular weight excluding hydrogens is 296 g/mol. The zero-order valence-corrected chi connectivity index (χ0v) is 13.9. The third-order valence-corrected chi connectivity index (χ3v) is 4.75. The summed E-state index contributed by atoms with van der Waals surface area (Å²) in [6, 6.07) is 3.91. The van der Waals surface area contributed by atoms with Gasteiger partial charge < -0.3 is 24.1 Å². The van der Waals surface area contributed by atoms with Crippen LogP contribution < -0.4 is 5.32 Å². The SMILES string of the molecule is COC1CCCCC1NC(=O)N1CCOC(c2ccc(C)o2)C1. The van der Waals surface area contributed by atoms with E-state index in [0.717, 1.165) is 30.8 Å². The van der Waals surface area contributed by atoms with E-state index in [4.69, 9.17) is 13.9 Å². The third-order valence-electron chi connectivity index (χ3n) is 4.75. The van der Waals surface area contributed by atoms with Crippen molar-refractivity contribution >= 4 is 6.03 Å². The monoisotopic (exact) mass is 322 g/mol. The molecule has 1 saturated carbocycles. The lowest BCUT2D eigenvalue weighted by Crippen LogP contribution is -2.53. The van der Waals surface area contributed by atoms with Gasteiger partial charge in [0.25, 0.3) is 0 Å². The lowest BCUT2D eigenvalue weighted by Gasteiger charge is -2.36. The molecular formula is C17H26N2O4. The van der Waals surface area contributed by atoms with E-state index in [9.17, 15) is 4.79 Å². The molecule has 128 valence electrons. The number of aryl methyl sites for hydroxylation is 1. The highest BCUT2D eigenvalue weighted by Gasteiger charge is 2.31. The second-order valence-electron chi connectivity index (χ2n) is 6.37. The molecule has 23 heavy (non-hydrogen) atoms. The van der Waals surface area contributed by atoms with E-state index in [0.29, 0.717) is 19.7 Å². The van der Waals surface area contributed by atoms with Crippen molar-refractivity contribution in [3.05, 3.63) is 23.7 Å². The maximum absolute atomic E-state index is 12.6. The Balaban J connectivity index is 1.58. The molecule has 6 heteroatoms. The van der Waals surface area contributed by atoms with E-state index in [1.165, 1.54) is 6.42 Å². The van der Waals surface area contributed by atoms with Crippen LogP contribution in [0.2, 0.25) is 0 Å². The molecule has 1 N–H and O–H groups in total. The number of methoxy groups -OCH3 is 1. The number of hydrogen-bond acceptors (Lipinski definition) is 4. The average molecular weight is 322 g/mol. The molecule has 2 aliphatic rings. The number of nitrogens with zero attached hydrogens (tertiary/aromatic N) is 1. The fraction of sp³-hybridized carbons (Fsp3) is 0.706. The van der Waals surface area contributed by atoms with Crippen molar-refractivity contribution in [2.75, 3.05) is 26.8 Å². The second kappa shape index (κ2) is 7.36.